The molecule has 0 aromatic rings. The van der Waals surface area contributed by atoms with E-state index in [2.05, 4.69) is 0 Å². The van der Waals surface area contributed by atoms with Crippen molar-refractivity contribution < 1.29 is 4.74 Å². The molecule has 52 valence electrons. The second-order valence-corrected chi connectivity index (χ2v) is 2.88. The Morgan fingerprint density at radius 2 is 1.90 bits per heavy atom. The normalized spacial score (nSPS) is 35.2. The summed E-state index contributed by atoms with van der Waals surface area (Å²) in [6.07, 6.45) is -0.514. The lowest BCUT2D eigenvalue weighted by Crippen LogP contribution is -2.54. The van der Waals surface area contributed by atoms with Crippen molar-refractivity contribution >= 4 is 0 Å². The minimum Gasteiger partial charge on any atom is -0.354 e. The summed E-state index contributed by atoms with van der Waals surface area (Å²) in [4.78, 5) is 0. The molecule has 0 N–H and O–H groups in total. The van der Waals surface area contributed by atoms with E-state index < -0.39 is 11.7 Å². The van der Waals surface area contributed by atoms with Gasteiger partial charge in [0.05, 0.1) is 17.7 Å². The van der Waals surface area contributed by atoms with E-state index in [-0.39, 0.29) is 5.92 Å². The molecular formula is C7H8N2O. The van der Waals surface area contributed by atoms with Gasteiger partial charge in [0.1, 0.15) is 5.92 Å². The zero-order valence-electron chi connectivity index (χ0n) is 5.96. The van der Waals surface area contributed by atoms with Gasteiger partial charge in [0.25, 0.3) is 0 Å². The molecule has 10 heavy (non-hydrogen) atoms. The molecule has 0 unspecified atom stereocenters. The van der Waals surface area contributed by atoms with E-state index in [1.165, 1.54) is 0 Å². The average molecular weight is 136 g/mol. The Balaban J connectivity index is 2.68. The summed E-state index contributed by atoms with van der Waals surface area (Å²) in [5.41, 5.74) is -0.421. The molecule has 0 amide bonds. The van der Waals surface area contributed by atoms with Crippen LogP contribution in [0.1, 0.15) is 13.8 Å². The van der Waals surface area contributed by atoms with Crippen LogP contribution in [0, 0.1) is 28.6 Å². The maximum atomic E-state index is 8.54. The smallest absolute Gasteiger partial charge is 0.163 e. The molecule has 3 nitrogen and oxygen atoms in total. The molecule has 1 aliphatic rings. The maximum Gasteiger partial charge on any atom is 0.163 e. The molecule has 1 rings (SSSR count). The van der Waals surface area contributed by atoms with Gasteiger partial charge in [0, 0.05) is 0 Å². The summed E-state index contributed by atoms with van der Waals surface area (Å²) in [7, 11) is 0. The third kappa shape index (κ3) is 0.761. The zero-order chi connectivity index (χ0) is 7.78. The number of rotatable bonds is 0. The molecule has 1 heterocycles. The van der Waals surface area contributed by atoms with Gasteiger partial charge in [-0.3, -0.25) is 0 Å². The van der Waals surface area contributed by atoms with E-state index in [0.717, 1.165) is 0 Å². The molecule has 1 saturated heterocycles. The third-order valence-electron chi connectivity index (χ3n) is 1.75. The predicted molar refractivity (Wildman–Crippen MR) is 33.7 cm³/mol. The minimum absolute atomic E-state index is 0.266. The fourth-order valence-electron chi connectivity index (χ4n) is 1.08. The van der Waals surface area contributed by atoms with Crippen LogP contribution in [0.4, 0.5) is 0 Å². The second-order valence-electron chi connectivity index (χ2n) is 2.88. The van der Waals surface area contributed by atoms with Crippen LogP contribution < -0.4 is 0 Å². The summed E-state index contributed by atoms with van der Waals surface area (Å²) < 4.78 is 5.10. The maximum absolute atomic E-state index is 8.54. The first-order valence-electron chi connectivity index (χ1n) is 3.09. The van der Waals surface area contributed by atoms with Crippen molar-refractivity contribution in [2.75, 3.05) is 0 Å². The van der Waals surface area contributed by atoms with Crippen molar-refractivity contribution in [3.63, 3.8) is 0 Å². The van der Waals surface area contributed by atoms with Crippen LogP contribution in [0.5, 0.6) is 0 Å². The average Bonchev–Trinajstić information content (AvgIpc) is 1.84. The Labute approximate surface area is 59.8 Å². The first-order chi connectivity index (χ1) is 4.61. The molecule has 0 aromatic carbocycles. The Hall–Kier alpha value is -1.06. The Kier molecular flexibility index (Phi) is 1.39. The fourth-order valence-corrected chi connectivity index (χ4v) is 1.08. The van der Waals surface area contributed by atoms with E-state index in [0.29, 0.717) is 0 Å². The molecule has 0 aliphatic carbocycles. The molecule has 3 heteroatoms. The van der Waals surface area contributed by atoms with Crippen LogP contribution in [0.2, 0.25) is 0 Å². The van der Waals surface area contributed by atoms with Gasteiger partial charge in [-0.05, 0) is 13.8 Å². The lowest BCUT2D eigenvalue weighted by atomic mass is 9.81. The van der Waals surface area contributed by atoms with E-state index >= 15 is 0 Å². The second kappa shape index (κ2) is 1.97. The highest BCUT2D eigenvalue weighted by molar-refractivity contribution is 5.14. The van der Waals surface area contributed by atoms with Gasteiger partial charge in [-0.2, -0.15) is 10.5 Å². The van der Waals surface area contributed by atoms with Crippen LogP contribution in [-0.2, 0) is 4.74 Å². The first-order valence-corrected chi connectivity index (χ1v) is 3.09. The Morgan fingerprint density at radius 3 is 2.10 bits per heavy atom. The highest BCUT2D eigenvalue weighted by Gasteiger charge is 2.49. The van der Waals surface area contributed by atoms with Crippen LogP contribution in [0.25, 0.3) is 0 Å². The standard InChI is InChI=1S/C7H8N2O/c1-7(2)5(3-8)6(4-9)10-7/h5-6H,1-2H3/t5-,6-/m0/s1. The molecular weight excluding hydrogens is 128 g/mol. The van der Waals surface area contributed by atoms with Gasteiger partial charge in [-0.1, -0.05) is 0 Å². The van der Waals surface area contributed by atoms with Gasteiger partial charge in [0.2, 0.25) is 0 Å². The van der Waals surface area contributed by atoms with Crippen LogP contribution in [0.3, 0.4) is 0 Å². The highest BCUT2D eigenvalue weighted by Crippen LogP contribution is 2.37. The summed E-state index contributed by atoms with van der Waals surface area (Å²) >= 11 is 0. The summed E-state index contributed by atoms with van der Waals surface area (Å²) in [6.45, 7) is 3.63. The van der Waals surface area contributed by atoms with Gasteiger partial charge >= 0.3 is 0 Å². The minimum atomic E-state index is -0.514. The third-order valence-corrected chi connectivity index (χ3v) is 1.75. The van der Waals surface area contributed by atoms with Crippen molar-refractivity contribution in [3.8, 4) is 12.1 Å². The fraction of sp³-hybridized carbons (Fsp3) is 0.714. The monoisotopic (exact) mass is 136 g/mol. The van der Waals surface area contributed by atoms with E-state index in [9.17, 15) is 0 Å². The van der Waals surface area contributed by atoms with Crippen molar-refractivity contribution in [3.05, 3.63) is 0 Å². The van der Waals surface area contributed by atoms with E-state index in [4.69, 9.17) is 15.3 Å². The summed E-state index contributed by atoms with van der Waals surface area (Å²) in [5.74, 6) is -0.266. The largest absolute Gasteiger partial charge is 0.354 e. The van der Waals surface area contributed by atoms with Crippen molar-refractivity contribution in [1.82, 2.24) is 0 Å². The van der Waals surface area contributed by atoms with Crippen molar-refractivity contribution in [2.24, 2.45) is 5.92 Å². The van der Waals surface area contributed by atoms with Crippen molar-refractivity contribution in [2.45, 2.75) is 25.6 Å². The lowest BCUT2D eigenvalue weighted by Gasteiger charge is -2.43. The number of nitrogens with zero attached hydrogens (tertiary/aromatic N) is 2. The quantitative estimate of drug-likeness (QED) is 0.495. The highest BCUT2D eigenvalue weighted by atomic mass is 16.5. The Morgan fingerprint density at radius 1 is 1.30 bits per heavy atom. The lowest BCUT2D eigenvalue weighted by molar-refractivity contribution is -0.194. The summed E-state index contributed by atoms with van der Waals surface area (Å²) in [6, 6.07) is 3.96. The first kappa shape index (κ1) is 7.05. The molecule has 2 atom stereocenters. The molecule has 0 spiro atoms. The van der Waals surface area contributed by atoms with E-state index in [1.54, 1.807) is 0 Å². The number of hydrogen-bond acceptors (Lipinski definition) is 3. The molecule has 0 bridgehead atoms. The SMILES string of the molecule is CC1(C)O[C@@H](C#N)[C@@H]1C#N. The van der Waals surface area contributed by atoms with Crippen LogP contribution in [-0.4, -0.2) is 11.7 Å². The van der Waals surface area contributed by atoms with Gasteiger partial charge in [-0.15, -0.1) is 0 Å². The van der Waals surface area contributed by atoms with Crippen LogP contribution in [0.15, 0.2) is 0 Å². The number of hydrogen-bond donors (Lipinski definition) is 0. The van der Waals surface area contributed by atoms with Crippen LogP contribution >= 0.6 is 0 Å². The van der Waals surface area contributed by atoms with Gasteiger partial charge in [0.15, 0.2) is 6.10 Å². The number of nitriles is 2. The van der Waals surface area contributed by atoms with Gasteiger partial charge < -0.3 is 4.74 Å². The molecule has 1 fully saturated rings. The van der Waals surface area contributed by atoms with Crippen molar-refractivity contribution in [1.29, 1.82) is 10.5 Å². The summed E-state index contributed by atoms with van der Waals surface area (Å²) in [5, 5.41) is 16.9. The molecule has 1 aliphatic heterocycles. The van der Waals surface area contributed by atoms with E-state index in [1.807, 2.05) is 26.0 Å². The molecule has 0 aromatic heterocycles. The topological polar surface area (TPSA) is 56.8 Å². The predicted octanol–water partition coefficient (Wildman–Crippen LogP) is 0.827. The van der Waals surface area contributed by atoms with Gasteiger partial charge in [-0.25, -0.2) is 0 Å². The molecule has 0 saturated carbocycles. The Bertz CT molecular complexity index is 221. The molecule has 0 radical (unpaired) electrons. The number of ether oxygens (including phenoxy) is 1. The zero-order valence-corrected chi connectivity index (χ0v) is 5.96.